The first-order valence-electron chi connectivity index (χ1n) is 3.74. The number of aromatic nitrogens is 1. The first-order chi connectivity index (χ1) is 6.37. The van der Waals surface area contributed by atoms with E-state index in [2.05, 4.69) is 4.98 Å². The maximum absolute atomic E-state index is 12.6. The van der Waals surface area contributed by atoms with E-state index >= 15 is 0 Å². The van der Waals surface area contributed by atoms with Crippen molar-refractivity contribution in [2.75, 3.05) is 0 Å². The van der Waals surface area contributed by atoms with Crippen molar-refractivity contribution in [3.63, 3.8) is 0 Å². The highest BCUT2D eigenvalue weighted by Gasteiger charge is 2.36. The number of alkyl halides is 2. The Morgan fingerprint density at radius 1 is 1.36 bits per heavy atom. The molecule has 0 spiro atoms. The molecule has 0 aliphatic carbocycles. The summed E-state index contributed by atoms with van der Waals surface area (Å²) >= 11 is 11.4. The molecule has 0 fully saturated rings. The van der Waals surface area contributed by atoms with E-state index in [1.807, 2.05) is 0 Å². The summed E-state index contributed by atoms with van der Waals surface area (Å²) in [5, 5.41) is 0.0885. The summed E-state index contributed by atoms with van der Waals surface area (Å²) in [7, 11) is 0. The Bertz CT molecular complexity index is 322. The van der Waals surface area contributed by atoms with Gasteiger partial charge in [0, 0.05) is 18.0 Å². The van der Waals surface area contributed by atoms with Gasteiger partial charge in [-0.1, -0.05) is 23.2 Å². The van der Waals surface area contributed by atoms with E-state index in [0.29, 0.717) is 0 Å². The molecular weight excluding hydrogens is 233 g/mol. The van der Waals surface area contributed by atoms with E-state index in [9.17, 15) is 8.78 Å². The second-order valence-corrected chi connectivity index (χ2v) is 3.88. The molecule has 2 nitrogen and oxygen atoms in total. The predicted octanol–water partition coefficient (Wildman–Crippen LogP) is 2.83. The van der Waals surface area contributed by atoms with Crippen LogP contribution in [-0.4, -0.2) is 11.4 Å². The quantitative estimate of drug-likeness (QED) is 0.864. The Hall–Kier alpha value is -0.450. The van der Waals surface area contributed by atoms with Crippen LogP contribution in [0, 0.1) is 0 Å². The van der Waals surface area contributed by atoms with E-state index in [1.54, 1.807) is 0 Å². The van der Waals surface area contributed by atoms with Gasteiger partial charge in [0.15, 0.2) is 0 Å². The Labute approximate surface area is 90.0 Å². The Kier molecular flexibility index (Phi) is 3.29. The molecule has 1 aromatic rings. The number of hydrogen-bond acceptors (Lipinski definition) is 2. The van der Waals surface area contributed by atoms with Crippen LogP contribution in [0.3, 0.4) is 0 Å². The molecular formula is C8H8Cl2F2N2. The van der Waals surface area contributed by atoms with E-state index in [-0.39, 0.29) is 15.6 Å². The van der Waals surface area contributed by atoms with Gasteiger partial charge in [-0.15, -0.1) is 0 Å². The van der Waals surface area contributed by atoms with Gasteiger partial charge in [-0.25, -0.2) is 8.78 Å². The number of halogens is 4. The highest BCUT2D eigenvalue weighted by atomic mass is 35.5. The minimum absolute atomic E-state index is 0.0193. The van der Waals surface area contributed by atoms with Crippen LogP contribution in [-0.2, 0) is 5.54 Å². The van der Waals surface area contributed by atoms with Crippen molar-refractivity contribution in [2.24, 2.45) is 5.73 Å². The Morgan fingerprint density at radius 2 is 1.79 bits per heavy atom. The van der Waals surface area contributed by atoms with Crippen LogP contribution in [0.2, 0.25) is 10.0 Å². The second kappa shape index (κ2) is 3.96. The second-order valence-electron chi connectivity index (χ2n) is 3.06. The van der Waals surface area contributed by atoms with Crippen molar-refractivity contribution in [2.45, 2.75) is 18.9 Å². The maximum Gasteiger partial charge on any atom is 0.260 e. The lowest BCUT2D eigenvalue weighted by molar-refractivity contribution is 0.0626. The van der Waals surface area contributed by atoms with Gasteiger partial charge in [-0.2, -0.15) is 0 Å². The standard InChI is InChI=1S/C8H8Cl2F2N2/c1-8(13,7(11)12)6-4(9)2-14-3-5(6)10/h2-3,7H,13H2,1H3. The number of rotatable bonds is 2. The van der Waals surface area contributed by atoms with Crippen LogP contribution in [0.4, 0.5) is 8.78 Å². The highest BCUT2D eigenvalue weighted by Crippen LogP contribution is 2.35. The van der Waals surface area contributed by atoms with Crippen molar-refractivity contribution in [1.82, 2.24) is 4.98 Å². The van der Waals surface area contributed by atoms with Gasteiger partial charge in [0.1, 0.15) is 5.54 Å². The van der Waals surface area contributed by atoms with E-state index < -0.39 is 12.0 Å². The minimum Gasteiger partial charge on any atom is -0.317 e. The largest absolute Gasteiger partial charge is 0.317 e. The summed E-state index contributed by atoms with van der Waals surface area (Å²) in [5.74, 6) is 0. The lowest BCUT2D eigenvalue weighted by Crippen LogP contribution is -2.41. The molecule has 0 aromatic carbocycles. The smallest absolute Gasteiger partial charge is 0.260 e. The normalized spacial score (nSPS) is 15.6. The molecule has 0 amide bonds. The third kappa shape index (κ3) is 1.97. The van der Waals surface area contributed by atoms with Gasteiger partial charge >= 0.3 is 0 Å². The third-order valence-corrected chi connectivity index (χ3v) is 2.42. The Morgan fingerprint density at radius 3 is 2.14 bits per heavy atom. The Balaban J connectivity index is 3.31. The molecule has 0 aliphatic heterocycles. The summed E-state index contributed by atoms with van der Waals surface area (Å²) in [6.45, 7) is 1.17. The zero-order valence-corrected chi connectivity index (χ0v) is 8.78. The molecule has 1 heterocycles. The SMILES string of the molecule is CC(N)(c1c(Cl)cncc1Cl)C(F)F. The van der Waals surface area contributed by atoms with Crippen molar-refractivity contribution < 1.29 is 8.78 Å². The first-order valence-corrected chi connectivity index (χ1v) is 4.49. The van der Waals surface area contributed by atoms with E-state index in [0.717, 1.165) is 0 Å². The maximum atomic E-state index is 12.6. The molecule has 0 aliphatic rings. The molecule has 2 N–H and O–H groups in total. The fraction of sp³-hybridized carbons (Fsp3) is 0.375. The van der Waals surface area contributed by atoms with Gasteiger partial charge in [0.05, 0.1) is 10.0 Å². The predicted molar refractivity (Wildman–Crippen MR) is 51.8 cm³/mol. The summed E-state index contributed by atoms with van der Waals surface area (Å²) in [4.78, 5) is 3.65. The summed E-state index contributed by atoms with van der Waals surface area (Å²) in [6.07, 6.45) is -0.285. The van der Waals surface area contributed by atoms with E-state index in [1.165, 1.54) is 19.3 Å². The van der Waals surface area contributed by atoms with Crippen LogP contribution < -0.4 is 5.73 Å². The zero-order chi connectivity index (χ0) is 10.9. The summed E-state index contributed by atoms with van der Waals surface area (Å²) < 4.78 is 25.2. The number of nitrogens with two attached hydrogens (primary N) is 1. The molecule has 0 saturated carbocycles. The number of nitrogens with zero attached hydrogens (tertiary/aromatic N) is 1. The van der Waals surface area contributed by atoms with Crippen molar-refractivity contribution in [1.29, 1.82) is 0 Å². The third-order valence-electron chi connectivity index (χ3n) is 1.85. The lowest BCUT2D eigenvalue weighted by atomic mass is 9.95. The van der Waals surface area contributed by atoms with Gasteiger partial charge < -0.3 is 5.73 Å². The molecule has 0 bridgehead atoms. The molecule has 1 aromatic heterocycles. The van der Waals surface area contributed by atoms with Gasteiger partial charge in [-0.3, -0.25) is 4.98 Å². The van der Waals surface area contributed by atoms with Crippen LogP contribution >= 0.6 is 23.2 Å². The first kappa shape index (κ1) is 11.6. The summed E-state index contributed by atoms with van der Waals surface area (Å²) in [5.41, 5.74) is 3.59. The minimum atomic E-state index is -2.75. The highest BCUT2D eigenvalue weighted by molar-refractivity contribution is 6.35. The molecule has 1 atom stereocenters. The van der Waals surface area contributed by atoms with Crippen molar-refractivity contribution in [3.05, 3.63) is 28.0 Å². The topological polar surface area (TPSA) is 38.9 Å². The monoisotopic (exact) mass is 240 g/mol. The number of hydrogen-bond donors (Lipinski definition) is 1. The average Bonchev–Trinajstić information content (AvgIpc) is 2.02. The molecule has 1 unspecified atom stereocenters. The molecule has 6 heteroatoms. The van der Waals surface area contributed by atoms with Gasteiger partial charge in [-0.05, 0) is 6.92 Å². The fourth-order valence-electron chi connectivity index (χ4n) is 1.04. The lowest BCUT2D eigenvalue weighted by Gasteiger charge is -2.25. The van der Waals surface area contributed by atoms with Crippen LogP contribution in [0.1, 0.15) is 12.5 Å². The number of pyridine rings is 1. The van der Waals surface area contributed by atoms with Gasteiger partial charge in [0.25, 0.3) is 6.43 Å². The molecule has 1 rings (SSSR count). The molecule has 78 valence electrons. The fourth-order valence-corrected chi connectivity index (χ4v) is 1.81. The van der Waals surface area contributed by atoms with Crippen LogP contribution in [0.15, 0.2) is 12.4 Å². The average molecular weight is 241 g/mol. The van der Waals surface area contributed by atoms with Crippen molar-refractivity contribution in [3.8, 4) is 0 Å². The van der Waals surface area contributed by atoms with Crippen LogP contribution in [0.5, 0.6) is 0 Å². The summed E-state index contributed by atoms with van der Waals surface area (Å²) in [6, 6.07) is 0. The van der Waals surface area contributed by atoms with Crippen LogP contribution in [0.25, 0.3) is 0 Å². The molecule has 0 radical (unpaired) electrons. The molecule has 0 saturated heterocycles. The zero-order valence-electron chi connectivity index (χ0n) is 7.27. The van der Waals surface area contributed by atoms with Crippen molar-refractivity contribution >= 4 is 23.2 Å². The van der Waals surface area contributed by atoms with Gasteiger partial charge in [0.2, 0.25) is 0 Å². The van der Waals surface area contributed by atoms with E-state index in [4.69, 9.17) is 28.9 Å². The molecule has 14 heavy (non-hydrogen) atoms.